The first-order chi connectivity index (χ1) is 21.1. The fourth-order valence-electron chi connectivity index (χ4n) is 5.57. The van der Waals surface area contributed by atoms with Gasteiger partial charge in [0, 0.05) is 59.4 Å². The summed E-state index contributed by atoms with van der Waals surface area (Å²) in [6.45, 7) is 1.74. The summed E-state index contributed by atoms with van der Waals surface area (Å²) in [5, 5.41) is 3.44. The lowest BCUT2D eigenvalue weighted by Gasteiger charge is -2.30. The van der Waals surface area contributed by atoms with E-state index in [0.717, 1.165) is 42.9 Å². The molecule has 0 aliphatic carbocycles. The van der Waals surface area contributed by atoms with Gasteiger partial charge in [-0.1, -0.05) is 28.9 Å². The van der Waals surface area contributed by atoms with Gasteiger partial charge in [0.15, 0.2) is 0 Å². The molecular weight excluding hydrogens is 646 g/mol. The number of benzene rings is 2. The minimum atomic E-state index is -3.23. The molecule has 7 nitrogen and oxygen atoms in total. The molecule has 1 aliphatic rings. The Bertz CT molecular complexity index is 1470. The van der Waals surface area contributed by atoms with E-state index in [0.29, 0.717) is 34.3 Å². The molecule has 1 aliphatic heterocycles. The van der Waals surface area contributed by atoms with E-state index in [2.05, 4.69) is 30.9 Å². The van der Waals surface area contributed by atoms with Crippen LogP contribution in [0.25, 0.3) is 10.9 Å². The van der Waals surface area contributed by atoms with Crippen molar-refractivity contribution in [2.24, 2.45) is 0 Å². The Morgan fingerprint density at radius 2 is 1.84 bits per heavy atom. The normalized spacial score (nSPS) is 14.9. The molecular formula is C32H36BrF4N3O4. The second kappa shape index (κ2) is 15.5. The summed E-state index contributed by atoms with van der Waals surface area (Å²) >= 11 is 3.47. The van der Waals surface area contributed by atoms with Crippen LogP contribution >= 0.6 is 15.9 Å². The Morgan fingerprint density at radius 3 is 2.55 bits per heavy atom. The van der Waals surface area contributed by atoms with Crippen LogP contribution in [-0.2, 0) is 9.53 Å². The van der Waals surface area contributed by atoms with E-state index in [1.807, 2.05) is 19.1 Å². The highest BCUT2D eigenvalue weighted by Gasteiger charge is 2.27. The number of aromatic nitrogens is 1. The lowest BCUT2D eigenvalue weighted by molar-refractivity contribution is -0.158. The summed E-state index contributed by atoms with van der Waals surface area (Å²) in [7, 11) is 0. The van der Waals surface area contributed by atoms with Crippen molar-refractivity contribution in [3.8, 4) is 5.75 Å². The van der Waals surface area contributed by atoms with Crippen LogP contribution in [0.4, 0.5) is 23.4 Å². The molecule has 0 saturated carbocycles. The van der Waals surface area contributed by atoms with E-state index in [9.17, 15) is 22.8 Å². The van der Waals surface area contributed by atoms with E-state index in [1.54, 1.807) is 13.0 Å². The Hall–Kier alpha value is -3.41. The Balaban J connectivity index is 1.66. The first-order valence-electron chi connectivity index (χ1n) is 14.8. The third kappa shape index (κ3) is 8.40. The summed E-state index contributed by atoms with van der Waals surface area (Å²) in [5.41, 5.74) is 1.46. The molecule has 2 atom stereocenters. The van der Waals surface area contributed by atoms with Crippen molar-refractivity contribution in [3.63, 3.8) is 0 Å². The lowest BCUT2D eigenvalue weighted by atomic mass is 9.92. The molecule has 0 bridgehead atoms. The van der Waals surface area contributed by atoms with Gasteiger partial charge in [-0.25, -0.2) is 13.8 Å². The van der Waals surface area contributed by atoms with Crippen LogP contribution < -0.4 is 15.0 Å². The number of anilines is 1. The maximum Gasteiger partial charge on any atom is 0.387 e. The summed E-state index contributed by atoms with van der Waals surface area (Å²) in [6, 6.07) is 8.97. The molecule has 1 saturated heterocycles. The molecule has 0 radical (unpaired) electrons. The van der Waals surface area contributed by atoms with Gasteiger partial charge >= 0.3 is 12.6 Å². The zero-order valence-electron chi connectivity index (χ0n) is 24.7. The molecule has 1 fully saturated rings. The number of hydrogen-bond donors (Lipinski definition) is 1. The number of esters is 1. The summed E-state index contributed by atoms with van der Waals surface area (Å²) in [5.74, 6) is -2.86. The highest BCUT2D eigenvalue weighted by atomic mass is 79.9. The molecule has 1 amide bonds. The minimum Gasteiger partial charge on any atom is -0.434 e. The summed E-state index contributed by atoms with van der Waals surface area (Å²) in [6.07, 6.45) is 1.39. The number of ether oxygens (including phenoxy) is 2. The van der Waals surface area contributed by atoms with E-state index in [4.69, 9.17) is 9.72 Å². The number of fused-ring (bicyclic) bond motifs is 1. The molecule has 1 N–H and O–H groups in total. The third-order valence-corrected chi connectivity index (χ3v) is 8.16. The molecule has 2 unspecified atom stereocenters. The maximum atomic E-state index is 15.2. The SMILES string of the molecule is CCCC(F)OC(=O)CCC(CNC(=O)c1c(C)c(N2CCCCC2)nc2ccc(Br)cc12)c1c(F)cccc1OC(F)F. The predicted octanol–water partition coefficient (Wildman–Crippen LogP) is 7.97. The van der Waals surface area contributed by atoms with E-state index < -0.39 is 42.3 Å². The highest BCUT2D eigenvalue weighted by Crippen LogP contribution is 2.35. The monoisotopic (exact) mass is 681 g/mol. The molecule has 12 heteroatoms. The van der Waals surface area contributed by atoms with Crippen LogP contribution in [0.15, 0.2) is 40.9 Å². The van der Waals surface area contributed by atoms with Gasteiger partial charge < -0.3 is 19.7 Å². The molecule has 0 spiro atoms. The number of carbonyl (C=O) groups is 2. The maximum absolute atomic E-state index is 15.2. The Labute approximate surface area is 262 Å². The lowest BCUT2D eigenvalue weighted by Crippen LogP contribution is -2.33. The smallest absolute Gasteiger partial charge is 0.387 e. The number of rotatable bonds is 13. The second-order valence-electron chi connectivity index (χ2n) is 10.8. The Morgan fingerprint density at radius 1 is 1.09 bits per heavy atom. The number of piperidine rings is 1. The zero-order chi connectivity index (χ0) is 31.8. The van der Waals surface area contributed by atoms with Crippen LogP contribution in [0.2, 0.25) is 0 Å². The van der Waals surface area contributed by atoms with Gasteiger partial charge in [-0.2, -0.15) is 8.78 Å². The van der Waals surface area contributed by atoms with Crippen LogP contribution in [0, 0.1) is 12.7 Å². The van der Waals surface area contributed by atoms with Gasteiger partial charge in [-0.3, -0.25) is 9.59 Å². The average Bonchev–Trinajstić information content (AvgIpc) is 2.97. The van der Waals surface area contributed by atoms with Crippen molar-refractivity contribution in [2.75, 3.05) is 24.5 Å². The summed E-state index contributed by atoms with van der Waals surface area (Å²) in [4.78, 5) is 33.3. The first-order valence-corrected chi connectivity index (χ1v) is 15.6. The quantitative estimate of drug-likeness (QED) is 0.146. The highest BCUT2D eigenvalue weighted by molar-refractivity contribution is 9.10. The molecule has 2 aromatic carbocycles. The van der Waals surface area contributed by atoms with Crippen molar-refractivity contribution in [1.29, 1.82) is 0 Å². The number of alkyl halides is 3. The fraction of sp³-hybridized carbons (Fsp3) is 0.469. The number of pyridine rings is 1. The van der Waals surface area contributed by atoms with Gasteiger partial charge in [0.1, 0.15) is 17.4 Å². The largest absolute Gasteiger partial charge is 0.434 e. The van der Waals surface area contributed by atoms with Gasteiger partial charge in [0.2, 0.25) is 6.36 Å². The number of carbonyl (C=O) groups excluding carboxylic acids is 2. The average molecular weight is 683 g/mol. The molecule has 1 aromatic heterocycles. The molecule has 2 heterocycles. The van der Waals surface area contributed by atoms with Gasteiger partial charge in [0.05, 0.1) is 11.1 Å². The van der Waals surface area contributed by atoms with E-state index in [1.165, 1.54) is 12.1 Å². The van der Waals surface area contributed by atoms with E-state index in [-0.39, 0.29) is 31.4 Å². The first kappa shape index (κ1) is 33.5. The van der Waals surface area contributed by atoms with Crippen molar-refractivity contribution in [1.82, 2.24) is 10.3 Å². The van der Waals surface area contributed by atoms with Gasteiger partial charge in [-0.05, 0) is 69.4 Å². The molecule has 44 heavy (non-hydrogen) atoms. The standard InChI is InChI=1S/C32H36BrF4N3O4/c1-3-8-26(35)44-27(41)14-11-20(29-23(34)9-7-10-25(29)43-32(36)37)18-38-31(42)28-19(2)30(40-15-5-4-6-16-40)39-24-13-12-21(33)17-22(24)28/h7,9-10,12-13,17,20,26,32H,3-6,8,11,14-16,18H2,1-2H3,(H,38,42). The zero-order valence-corrected chi connectivity index (χ0v) is 26.3. The van der Waals surface area contributed by atoms with Crippen LogP contribution in [0.5, 0.6) is 5.75 Å². The minimum absolute atomic E-state index is 0.0275. The van der Waals surface area contributed by atoms with Crippen LogP contribution in [-0.4, -0.2) is 49.5 Å². The van der Waals surface area contributed by atoms with Crippen molar-refractivity contribution in [3.05, 3.63) is 63.4 Å². The van der Waals surface area contributed by atoms with Crippen LogP contribution in [0.3, 0.4) is 0 Å². The number of hydrogen-bond acceptors (Lipinski definition) is 6. The predicted molar refractivity (Wildman–Crippen MR) is 163 cm³/mol. The molecule has 3 aromatic rings. The topological polar surface area (TPSA) is 80.8 Å². The second-order valence-corrected chi connectivity index (χ2v) is 11.7. The third-order valence-electron chi connectivity index (χ3n) is 7.67. The van der Waals surface area contributed by atoms with Crippen molar-refractivity contribution < 1.29 is 36.6 Å². The molecule has 4 rings (SSSR count). The van der Waals surface area contributed by atoms with Gasteiger partial charge in [-0.15, -0.1) is 0 Å². The van der Waals surface area contributed by atoms with Crippen molar-refractivity contribution >= 4 is 44.5 Å². The number of nitrogens with zero attached hydrogens (tertiary/aromatic N) is 2. The van der Waals surface area contributed by atoms with Gasteiger partial charge in [0.25, 0.3) is 5.91 Å². The number of amides is 1. The number of nitrogens with one attached hydrogen (secondary N) is 1. The fourth-order valence-corrected chi connectivity index (χ4v) is 5.93. The van der Waals surface area contributed by atoms with Crippen molar-refractivity contribution in [2.45, 2.75) is 77.7 Å². The Kier molecular flexibility index (Phi) is 11.8. The molecule has 238 valence electrons. The summed E-state index contributed by atoms with van der Waals surface area (Å²) < 4.78 is 65.7. The van der Waals surface area contributed by atoms with E-state index >= 15 is 4.39 Å². The van der Waals surface area contributed by atoms with Crippen LogP contribution in [0.1, 0.15) is 79.3 Å². The number of halogens is 5.